The lowest BCUT2D eigenvalue weighted by molar-refractivity contribution is 0.0936. The molecular weight excluding hydrogens is 318 g/mol. The van der Waals surface area contributed by atoms with Gasteiger partial charge in [-0.25, -0.2) is 0 Å². The molecule has 0 atom stereocenters. The molecule has 0 unspecified atom stereocenters. The summed E-state index contributed by atoms with van der Waals surface area (Å²) in [5, 5.41) is 5.51. The first kappa shape index (κ1) is 18.6. The Morgan fingerprint density at radius 3 is 2.32 bits per heavy atom. The summed E-state index contributed by atoms with van der Waals surface area (Å²) in [5.74, 6) is -0.168. The molecular formula is C19H23N3O3. The normalized spacial score (nSPS) is 10.6. The summed E-state index contributed by atoms with van der Waals surface area (Å²) in [6, 6.07) is 9.22. The minimum atomic E-state index is -0.309. The molecule has 0 fully saturated rings. The van der Waals surface area contributed by atoms with E-state index in [0.717, 1.165) is 0 Å². The lowest BCUT2D eigenvalue weighted by Gasteiger charge is -2.09. The zero-order valence-electron chi connectivity index (χ0n) is 14.7. The van der Waals surface area contributed by atoms with Crippen LogP contribution in [0.3, 0.4) is 0 Å². The first-order chi connectivity index (χ1) is 12.0. The third-order valence-corrected chi connectivity index (χ3v) is 3.69. The van der Waals surface area contributed by atoms with E-state index in [1.807, 2.05) is 24.3 Å². The zero-order valence-corrected chi connectivity index (χ0v) is 14.7. The number of hydrogen-bond acceptors (Lipinski definition) is 4. The van der Waals surface area contributed by atoms with Crippen molar-refractivity contribution >= 4 is 17.5 Å². The Hall–Kier alpha value is -2.73. The standard InChI is InChI=1S/C19H23N3O3/c1-13(2)14-4-6-17(7-5-14)22-19(24)16-10-15(11-20-12-16)18(23)21-8-9-25-3/h4-7,10-13H,8-9H2,1-3H3,(H,21,23)(H,22,24). The van der Waals surface area contributed by atoms with Gasteiger partial charge < -0.3 is 15.4 Å². The van der Waals surface area contributed by atoms with Crippen LogP contribution >= 0.6 is 0 Å². The van der Waals surface area contributed by atoms with Crippen molar-refractivity contribution < 1.29 is 14.3 Å². The summed E-state index contributed by atoms with van der Waals surface area (Å²) in [6.45, 7) is 5.05. The number of ether oxygens (including phenoxy) is 1. The molecule has 0 aliphatic carbocycles. The van der Waals surface area contributed by atoms with Crippen molar-refractivity contribution in [2.75, 3.05) is 25.6 Å². The van der Waals surface area contributed by atoms with Crippen molar-refractivity contribution in [2.24, 2.45) is 0 Å². The van der Waals surface area contributed by atoms with Gasteiger partial charge in [-0.2, -0.15) is 0 Å². The molecule has 2 N–H and O–H groups in total. The number of benzene rings is 1. The number of aromatic nitrogens is 1. The number of carbonyl (C=O) groups excluding carboxylic acids is 2. The molecule has 2 amide bonds. The SMILES string of the molecule is COCCNC(=O)c1cncc(C(=O)Nc2ccc(C(C)C)cc2)c1. The highest BCUT2D eigenvalue weighted by atomic mass is 16.5. The molecule has 6 heteroatoms. The Labute approximate surface area is 147 Å². The molecule has 0 radical (unpaired) electrons. The Bertz CT molecular complexity index is 727. The summed E-state index contributed by atoms with van der Waals surface area (Å²) < 4.78 is 4.89. The van der Waals surface area contributed by atoms with Gasteiger partial charge in [0.05, 0.1) is 17.7 Å². The van der Waals surface area contributed by atoms with E-state index in [4.69, 9.17) is 4.74 Å². The number of nitrogens with zero attached hydrogens (tertiary/aromatic N) is 1. The smallest absolute Gasteiger partial charge is 0.257 e. The Morgan fingerprint density at radius 1 is 1.08 bits per heavy atom. The van der Waals surface area contributed by atoms with Crippen molar-refractivity contribution in [1.29, 1.82) is 0 Å². The van der Waals surface area contributed by atoms with Crippen LogP contribution in [0.5, 0.6) is 0 Å². The van der Waals surface area contributed by atoms with Crippen LogP contribution in [0.4, 0.5) is 5.69 Å². The third kappa shape index (κ3) is 5.39. The van der Waals surface area contributed by atoms with Gasteiger partial charge in [-0.1, -0.05) is 26.0 Å². The number of nitrogens with one attached hydrogen (secondary N) is 2. The van der Waals surface area contributed by atoms with Crippen molar-refractivity contribution in [3.63, 3.8) is 0 Å². The van der Waals surface area contributed by atoms with Crippen molar-refractivity contribution in [3.8, 4) is 0 Å². The van der Waals surface area contributed by atoms with E-state index < -0.39 is 0 Å². The number of pyridine rings is 1. The van der Waals surface area contributed by atoms with Gasteiger partial charge in [0.1, 0.15) is 0 Å². The van der Waals surface area contributed by atoms with Crippen molar-refractivity contribution in [3.05, 3.63) is 59.4 Å². The summed E-state index contributed by atoms with van der Waals surface area (Å²) in [4.78, 5) is 28.4. The topological polar surface area (TPSA) is 80.3 Å². The molecule has 1 heterocycles. The highest BCUT2D eigenvalue weighted by Gasteiger charge is 2.11. The molecule has 2 aromatic rings. The van der Waals surface area contributed by atoms with Crippen LogP contribution in [0.2, 0.25) is 0 Å². The maximum Gasteiger partial charge on any atom is 0.257 e. The first-order valence-electron chi connectivity index (χ1n) is 8.14. The minimum Gasteiger partial charge on any atom is -0.383 e. The molecule has 0 saturated heterocycles. The predicted molar refractivity (Wildman–Crippen MR) is 96.9 cm³/mol. The zero-order chi connectivity index (χ0) is 18.2. The highest BCUT2D eigenvalue weighted by Crippen LogP contribution is 2.17. The van der Waals surface area contributed by atoms with Gasteiger partial charge in [0.25, 0.3) is 11.8 Å². The number of rotatable bonds is 7. The fourth-order valence-electron chi connectivity index (χ4n) is 2.21. The summed E-state index contributed by atoms with van der Waals surface area (Å²) in [5.41, 5.74) is 2.56. The first-order valence-corrected chi connectivity index (χ1v) is 8.14. The molecule has 0 spiro atoms. The maximum atomic E-state index is 12.4. The van der Waals surface area contributed by atoms with Crippen LogP contribution in [-0.4, -0.2) is 37.1 Å². The number of hydrogen-bond donors (Lipinski definition) is 2. The van der Waals surface area contributed by atoms with E-state index in [0.29, 0.717) is 35.9 Å². The second-order valence-electron chi connectivity index (χ2n) is 5.94. The van der Waals surface area contributed by atoms with Crippen LogP contribution in [0.15, 0.2) is 42.7 Å². The van der Waals surface area contributed by atoms with Gasteiger partial charge in [-0.05, 0) is 29.7 Å². The molecule has 0 aliphatic heterocycles. The largest absolute Gasteiger partial charge is 0.383 e. The second kappa shape index (κ2) is 8.94. The molecule has 0 saturated carbocycles. The van der Waals surface area contributed by atoms with Gasteiger partial charge in [0.2, 0.25) is 0 Å². The average Bonchev–Trinajstić information content (AvgIpc) is 2.62. The predicted octanol–water partition coefficient (Wildman–Crippen LogP) is 2.83. The Kier molecular flexibility index (Phi) is 6.65. The van der Waals surface area contributed by atoms with Crippen molar-refractivity contribution in [1.82, 2.24) is 10.3 Å². The average molecular weight is 341 g/mol. The second-order valence-corrected chi connectivity index (χ2v) is 5.94. The molecule has 1 aromatic heterocycles. The molecule has 1 aromatic carbocycles. The van der Waals surface area contributed by atoms with Crippen LogP contribution in [0, 0.1) is 0 Å². The summed E-state index contributed by atoms with van der Waals surface area (Å²) in [6.07, 6.45) is 2.86. The molecule has 2 rings (SSSR count). The van der Waals surface area contributed by atoms with E-state index in [1.165, 1.54) is 24.0 Å². The van der Waals surface area contributed by atoms with Gasteiger partial charge in [0, 0.05) is 31.7 Å². The quantitative estimate of drug-likeness (QED) is 0.759. The van der Waals surface area contributed by atoms with Crippen LogP contribution in [0.1, 0.15) is 46.0 Å². The maximum absolute atomic E-state index is 12.4. The fraction of sp³-hybridized carbons (Fsp3) is 0.316. The minimum absolute atomic E-state index is 0.291. The van der Waals surface area contributed by atoms with Gasteiger partial charge in [-0.3, -0.25) is 14.6 Å². The van der Waals surface area contributed by atoms with Crippen molar-refractivity contribution in [2.45, 2.75) is 19.8 Å². The van der Waals surface area contributed by atoms with E-state index in [9.17, 15) is 9.59 Å². The molecule has 132 valence electrons. The number of anilines is 1. The highest BCUT2D eigenvalue weighted by molar-refractivity contribution is 6.05. The van der Waals surface area contributed by atoms with Crippen LogP contribution < -0.4 is 10.6 Å². The lowest BCUT2D eigenvalue weighted by atomic mass is 10.0. The van der Waals surface area contributed by atoms with E-state index in [-0.39, 0.29) is 11.8 Å². The van der Waals surface area contributed by atoms with E-state index >= 15 is 0 Å². The number of methoxy groups -OCH3 is 1. The molecule has 6 nitrogen and oxygen atoms in total. The Balaban J connectivity index is 2.04. The fourth-order valence-corrected chi connectivity index (χ4v) is 2.21. The van der Waals surface area contributed by atoms with E-state index in [1.54, 1.807) is 7.11 Å². The Morgan fingerprint density at radius 2 is 1.72 bits per heavy atom. The van der Waals surface area contributed by atoms with Gasteiger partial charge >= 0.3 is 0 Å². The van der Waals surface area contributed by atoms with Crippen LogP contribution in [0.25, 0.3) is 0 Å². The third-order valence-electron chi connectivity index (χ3n) is 3.69. The summed E-state index contributed by atoms with van der Waals surface area (Å²) in [7, 11) is 1.56. The number of carbonyl (C=O) groups is 2. The van der Waals surface area contributed by atoms with Gasteiger partial charge in [0.15, 0.2) is 0 Å². The van der Waals surface area contributed by atoms with Crippen LogP contribution in [-0.2, 0) is 4.74 Å². The van der Waals surface area contributed by atoms with Gasteiger partial charge in [-0.15, -0.1) is 0 Å². The monoisotopic (exact) mass is 341 g/mol. The molecule has 25 heavy (non-hydrogen) atoms. The number of amides is 2. The molecule has 0 aliphatic rings. The lowest BCUT2D eigenvalue weighted by Crippen LogP contribution is -2.27. The summed E-state index contributed by atoms with van der Waals surface area (Å²) >= 11 is 0. The van der Waals surface area contributed by atoms with E-state index in [2.05, 4.69) is 29.5 Å². The molecule has 0 bridgehead atoms.